The Morgan fingerprint density at radius 3 is 2.82 bits per heavy atom. The summed E-state index contributed by atoms with van der Waals surface area (Å²) < 4.78 is 11.1. The second-order valence-corrected chi connectivity index (χ2v) is 4.20. The van der Waals surface area contributed by atoms with Gasteiger partial charge in [-0.05, 0) is 31.4 Å². The summed E-state index contributed by atoms with van der Waals surface area (Å²) >= 11 is 0. The number of ether oxygens (including phenoxy) is 2. The number of methoxy groups -OCH3 is 1. The van der Waals surface area contributed by atoms with Crippen LogP contribution in [0.5, 0.6) is 11.5 Å². The maximum atomic E-state index is 9.06. The summed E-state index contributed by atoms with van der Waals surface area (Å²) in [5, 5.41) is 9.06. The molecule has 1 aliphatic carbocycles. The first kappa shape index (κ1) is 11.7. The molecule has 1 aromatic carbocycles. The first-order chi connectivity index (χ1) is 8.26. The lowest BCUT2D eigenvalue weighted by atomic mass is 10.2. The standard InChI is InChI=1S/C13H16N2O2/c1-16-12-7-2-4-9(8-14)13(12)17-11-6-3-5-10(11)15/h2,4,7,10-11H,3,5-6,15H2,1H3. The van der Waals surface area contributed by atoms with Gasteiger partial charge in [-0.3, -0.25) is 0 Å². The number of hydrogen-bond acceptors (Lipinski definition) is 4. The highest BCUT2D eigenvalue weighted by Crippen LogP contribution is 2.34. The van der Waals surface area contributed by atoms with Gasteiger partial charge in [-0.25, -0.2) is 0 Å². The molecule has 2 rings (SSSR count). The second kappa shape index (κ2) is 5.07. The summed E-state index contributed by atoms with van der Waals surface area (Å²) in [6, 6.07) is 7.45. The molecule has 1 aliphatic rings. The predicted octanol–water partition coefficient (Wildman–Crippen LogP) is 1.83. The van der Waals surface area contributed by atoms with Crippen molar-refractivity contribution in [3.8, 4) is 17.6 Å². The summed E-state index contributed by atoms with van der Waals surface area (Å²) in [6.45, 7) is 0. The van der Waals surface area contributed by atoms with Gasteiger partial charge >= 0.3 is 0 Å². The normalized spacial score (nSPS) is 23.1. The van der Waals surface area contributed by atoms with E-state index in [1.165, 1.54) is 0 Å². The van der Waals surface area contributed by atoms with Crippen molar-refractivity contribution < 1.29 is 9.47 Å². The zero-order valence-corrected chi connectivity index (χ0v) is 9.85. The van der Waals surface area contributed by atoms with Gasteiger partial charge in [-0.1, -0.05) is 6.07 Å². The Hall–Kier alpha value is -1.73. The van der Waals surface area contributed by atoms with Crippen molar-refractivity contribution in [3.05, 3.63) is 23.8 Å². The van der Waals surface area contributed by atoms with Crippen LogP contribution in [-0.4, -0.2) is 19.3 Å². The zero-order chi connectivity index (χ0) is 12.3. The highest BCUT2D eigenvalue weighted by atomic mass is 16.5. The number of nitriles is 1. The molecular formula is C13H16N2O2. The maximum Gasteiger partial charge on any atom is 0.179 e. The van der Waals surface area contributed by atoms with Gasteiger partial charge in [0.05, 0.1) is 12.7 Å². The third kappa shape index (κ3) is 2.34. The fraction of sp³-hybridized carbons (Fsp3) is 0.462. The Kier molecular flexibility index (Phi) is 3.50. The molecule has 4 nitrogen and oxygen atoms in total. The molecule has 0 saturated heterocycles. The van der Waals surface area contributed by atoms with Gasteiger partial charge in [0.25, 0.3) is 0 Å². The number of para-hydroxylation sites is 1. The Balaban J connectivity index is 2.27. The third-order valence-corrected chi connectivity index (χ3v) is 3.09. The monoisotopic (exact) mass is 232 g/mol. The minimum Gasteiger partial charge on any atom is -0.493 e. The number of benzene rings is 1. The molecule has 4 heteroatoms. The average Bonchev–Trinajstić information content (AvgIpc) is 2.75. The molecule has 1 aromatic rings. The minimum atomic E-state index is -0.0154. The molecular weight excluding hydrogens is 216 g/mol. The van der Waals surface area contributed by atoms with E-state index in [2.05, 4.69) is 6.07 Å². The first-order valence-electron chi connectivity index (χ1n) is 5.75. The van der Waals surface area contributed by atoms with E-state index in [1.54, 1.807) is 25.3 Å². The van der Waals surface area contributed by atoms with Crippen molar-refractivity contribution in [1.82, 2.24) is 0 Å². The molecule has 2 atom stereocenters. The predicted molar refractivity (Wildman–Crippen MR) is 64.0 cm³/mol. The van der Waals surface area contributed by atoms with E-state index < -0.39 is 0 Å². The summed E-state index contributed by atoms with van der Waals surface area (Å²) in [4.78, 5) is 0. The largest absolute Gasteiger partial charge is 0.493 e. The molecule has 0 bridgehead atoms. The van der Waals surface area contributed by atoms with Crippen LogP contribution in [0.2, 0.25) is 0 Å². The summed E-state index contributed by atoms with van der Waals surface area (Å²) in [7, 11) is 1.57. The number of hydrogen-bond donors (Lipinski definition) is 1. The molecule has 2 N–H and O–H groups in total. The van der Waals surface area contributed by atoms with E-state index in [1.807, 2.05) is 0 Å². The van der Waals surface area contributed by atoms with Gasteiger partial charge in [0, 0.05) is 6.04 Å². The molecule has 0 amide bonds. The fourth-order valence-electron chi connectivity index (χ4n) is 2.14. The maximum absolute atomic E-state index is 9.06. The van der Waals surface area contributed by atoms with E-state index in [0.717, 1.165) is 19.3 Å². The zero-order valence-electron chi connectivity index (χ0n) is 9.85. The van der Waals surface area contributed by atoms with E-state index in [4.69, 9.17) is 20.5 Å². The lowest BCUT2D eigenvalue weighted by Crippen LogP contribution is -2.33. The number of nitrogens with zero attached hydrogens (tertiary/aromatic N) is 1. The fourth-order valence-corrected chi connectivity index (χ4v) is 2.14. The molecule has 1 saturated carbocycles. The van der Waals surface area contributed by atoms with Crippen LogP contribution in [0.1, 0.15) is 24.8 Å². The van der Waals surface area contributed by atoms with Crippen molar-refractivity contribution in [2.45, 2.75) is 31.4 Å². The lowest BCUT2D eigenvalue weighted by molar-refractivity contribution is 0.183. The van der Waals surface area contributed by atoms with Crippen LogP contribution in [0.4, 0.5) is 0 Å². The van der Waals surface area contributed by atoms with Gasteiger partial charge < -0.3 is 15.2 Å². The number of nitrogens with two attached hydrogens (primary N) is 1. The van der Waals surface area contributed by atoms with Gasteiger partial charge in [-0.2, -0.15) is 5.26 Å². The third-order valence-electron chi connectivity index (χ3n) is 3.09. The molecule has 1 fully saturated rings. The Morgan fingerprint density at radius 1 is 1.41 bits per heavy atom. The Labute approximate surface area is 101 Å². The molecule has 90 valence electrons. The SMILES string of the molecule is COc1cccc(C#N)c1OC1CCCC1N. The van der Waals surface area contributed by atoms with E-state index in [-0.39, 0.29) is 12.1 Å². The quantitative estimate of drug-likeness (QED) is 0.863. The average molecular weight is 232 g/mol. The van der Waals surface area contributed by atoms with Crippen molar-refractivity contribution in [2.24, 2.45) is 5.73 Å². The molecule has 0 spiro atoms. The molecule has 17 heavy (non-hydrogen) atoms. The van der Waals surface area contributed by atoms with Gasteiger partial charge in [0.15, 0.2) is 11.5 Å². The van der Waals surface area contributed by atoms with Crippen molar-refractivity contribution in [3.63, 3.8) is 0 Å². The van der Waals surface area contributed by atoms with Gasteiger partial charge in [-0.15, -0.1) is 0 Å². The van der Waals surface area contributed by atoms with Crippen molar-refractivity contribution in [1.29, 1.82) is 5.26 Å². The van der Waals surface area contributed by atoms with Crippen LogP contribution in [-0.2, 0) is 0 Å². The summed E-state index contributed by atoms with van der Waals surface area (Å²) in [5.74, 6) is 1.10. The van der Waals surface area contributed by atoms with Crippen LogP contribution in [0.15, 0.2) is 18.2 Å². The van der Waals surface area contributed by atoms with Crippen LogP contribution in [0, 0.1) is 11.3 Å². The van der Waals surface area contributed by atoms with E-state index in [0.29, 0.717) is 17.1 Å². The Bertz CT molecular complexity index is 440. The lowest BCUT2D eigenvalue weighted by Gasteiger charge is -2.20. The summed E-state index contributed by atoms with van der Waals surface area (Å²) in [5.41, 5.74) is 6.45. The second-order valence-electron chi connectivity index (χ2n) is 4.20. The summed E-state index contributed by atoms with van der Waals surface area (Å²) in [6.07, 6.45) is 2.97. The number of rotatable bonds is 3. The smallest absolute Gasteiger partial charge is 0.179 e. The van der Waals surface area contributed by atoms with Crippen LogP contribution in [0.25, 0.3) is 0 Å². The van der Waals surface area contributed by atoms with E-state index in [9.17, 15) is 0 Å². The van der Waals surface area contributed by atoms with Gasteiger partial charge in [0.2, 0.25) is 0 Å². The molecule has 0 radical (unpaired) electrons. The topological polar surface area (TPSA) is 68.3 Å². The highest BCUT2D eigenvalue weighted by Gasteiger charge is 2.27. The highest BCUT2D eigenvalue weighted by molar-refractivity contribution is 5.52. The minimum absolute atomic E-state index is 0.0154. The van der Waals surface area contributed by atoms with Crippen molar-refractivity contribution >= 4 is 0 Å². The van der Waals surface area contributed by atoms with Crippen LogP contribution in [0.3, 0.4) is 0 Å². The van der Waals surface area contributed by atoms with Crippen molar-refractivity contribution in [2.75, 3.05) is 7.11 Å². The van der Waals surface area contributed by atoms with Crippen LogP contribution < -0.4 is 15.2 Å². The molecule has 2 unspecified atom stereocenters. The first-order valence-corrected chi connectivity index (χ1v) is 5.75. The van der Waals surface area contributed by atoms with E-state index >= 15 is 0 Å². The Morgan fingerprint density at radius 2 is 2.24 bits per heavy atom. The van der Waals surface area contributed by atoms with Crippen LogP contribution >= 0.6 is 0 Å². The van der Waals surface area contributed by atoms with Gasteiger partial charge in [0.1, 0.15) is 12.2 Å². The molecule has 0 aromatic heterocycles. The molecule has 0 aliphatic heterocycles. The molecule has 0 heterocycles.